The third-order valence-electron chi connectivity index (χ3n) is 2.58. The van der Waals surface area contributed by atoms with Crippen LogP contribution in [0, 0.1) is 0 Å². The first kappa shape index (κ1) is 9.28. The van der Waals surface area contributed by atoms with Crippen molar-refractivity contribution in [2.75, 3.05) is 6.54 Å². The van der Waals surface area contributed by atoms with Crippen molar-refractivity contribution >= 4 is 15.9 Å². The summed E-state index contributed by atoms with van der Waals surface area (Å²) in [7, 11) is 0. The number of halogens is 1. The second kappa shape index (κ2) is 3.14. The zero-order valence-corrected chi connectivity index (χ0v) is 9.52. The summed E-state index contributed by atoms with van der Waals surface area (Å²) < 4.78 is 6.36. The molecular formula is C10H14BrNO. The van der Waals surface area contributed by atoms with Crippen LogP contribution in [0.15, 0.2) is 21.2 Å². The molecule has 2 nitrogen and oxygen atoms in total. The first-order valence-electron chi connectivity index (χ1n) is 4.57. The maximum absolute atomic E-state index is 5.54. The zero-order valence-electron chi connectivity index (χ0n) is 7.93. The molecule has 1 aromatic rings. The van der Waals surface area contributed by atoms with E-state index in [1.807, 2.05) is 6.07 Å². The Morgan fingerprint density at radius 1 is 1.54 bits per heavy atom. The van der Waals surface area contributed by atoms with Crippen LogP contribution in [-0.2, 0) is 0 Å². The van der Waals surface area contributed by atoms with Crippen molar-refractivity contribution < 1.29 is 4.42 Å². The number of nitrogens with one attached hydrogen (secondary N) is 1. The van der Waals surface area contributed by atoms with Crippen LogP contribution in [0.4, 0.5) is 0 Å². The second-order valence-corrected chi connectivity index (χ2v) is 5.09. The van der Waals surface area contributed by atoms with Crippen molar-refractivity contribution in [1.82, 2.24) is 5.32 Å². The number of hydrogen-bond donors (Lipinski definition) is 1. The summed E-state index contributed by atoms with van der Waals surface area (Å²) in [5, 5.41) is 3.48. The largest absolute Gasteiger partial charge is 0.454 e. The van der Waals surface area contributed by atoms with Crippen LogP contribution in [-0.4, -0.2) is 12.1 Å². The molecule has 1 unspecified atom stereocenters. The average Bonchev–Trinajstić information content (AvgIpc) is 2.56. The predicted molar refractivity (Wildman–Crippen MR) is 55.8 cm³/mol. The molecule has 2 rings (SSSR count). The molecule has 1 atom stereocenters. The highest BCUT2D eigenvalue weighted by Crippen LogP contribution is 2.33. The zero-order chi connectivity index (χ0) is 9.47. The van der Waals surface area contributed by atoms with Crippen LogP contribution in [0.1, 0.15) is 31.9 Å². The molecule has 0 radical (unpaired) electrons. The SMILES string of the molecule is CC1(C)CC(c2ccc(Br)o2)CN1. The van der Waals surface area contributed by atoms with E-state index in [1.165, 1.54) is 0 Å². The Hall–Kier alpha value is -0.280. The van der Waals surface area contributed by atoms with E-state index in [9.17, 15) is 0 Å². The van der Waals surface area contributed by atoms with E-state index in [4.69, 9.17) is 4.42 Å². The van der Waals surface area contributed by atoms with E-state index in [2.05, 4.69) is 41.2 Å². The molecule has 1 aliphatic heterocycles. The van der Waals surface area contributed by atoms with Crippen LogP contribution in [0.3, 0.4) is 0 Å². The number of rotatable bonds is 1. The van der Waals surface area contributed by atoms with E-state index in [-0.39, 0.29) is 5.54 Å². The van der Waals surface area contributed by atoms with Gasteiger partial charge in [0.15, 0.2) is 4.67 Å². The van der Waals surface area contributed by atoms with E-state index in [1.54, 1.807) is 0 Å². The van der Waals surface area contributed by atoms with E-state index >= 15 is 0 Å². The summed E-state index contributed by atoms with van der Waals surface area (Å²) in [6, 6.07) is 4.01. The third kappa shape index (κ3) is 1.97. The van der Waals surface area contributed by atoms with Crippen LogP contribution in [0.2, 0.25) is 0 Å². The first-order chi connectivity index (χ1) is 6.07. The monoisotopic (exact) mass is 243 g/mol. The molecule has 2 heterocycles. The molecule has 1 saturated heterocycles. The second-order valence-electron chi connectivity index (χ2n) is 4.31. The molecule has 1 N–H and O–H groups in total. The van der Waals surface area contributed by atoms with Crippen molar-refractivity contribution in [1.29, 1.82) is 0 Å². The van der Waals surface area contributed by atoms with Gasteiger partial charge in [-0.3, -0.25) is 0 Å². The Labute approximate surface area is 86.8 Å². The van der Waals surface area contributed by atoms with Crippen molar-refractivity contribution in [3.05, 3.63) is 22.6 Å². The van der Waals surface area contributed by atoms with Crippen molar-refractivity contribution in [2.24, 2.45) is 0 Å². The molecule has 0 saturated carbocycles. The van der Waals surface area contributed by atoms with Crippen LogP contribution in [0.5, 0.6) is 0 Å². The molecule has 0 aliphatic carbocycles. The lowest BCUT2D eigenvalue weighted by Gasteiger charge is -2.16. The van der Waals surface area contributed by atoms with Gasteiger partial charge in [-0.1, -0.05) is 0 Å². The molecule has 0 bridgehead atoms. The molecule has 72 valence electrons. The minimum absolute atomic E-state index is 0.254. The van der Waals surface area contributed by atoms with E-state index in [0.29, 0.717) is 5.92 Å². The van der Waals surface area contributed by atoms with E-state index < -0.39 is 0 Å². The highest BCUT2D eigenvalue weighted by atomic mass is 79.9. The minimum atomic E-state index is 0.254. The van der Waals surface area contributed by atoms with Gasteiger partial charge in [0.1, 0.15) is 5.76 Å². The molecular weight excluding hydrogens is 230 g/mol. The van der Waals surface area contributed by atoms with Gasteiger partial charge in [0.25, 0.3) is 0 Å². The maximum Gasteiger partial charge on any atom is 0.169 e. The molecule has 3 heteroatoms. The fourth-order valence-corrected chi connectivity index (χ4v) is 2.23. The number of furan rings is 1. The van der Waals surface area contributed by atoms with Gasteiger partial charge in [0, 0.05) is 18.0 Å². The van der Waals surface area contributed by atoms with Crippen molar-refractivity contribution in [2.45, 2.75) is 31.7 Å². The maximum atomic E-state index is 5.54. The molecule has 1 aromatic heterocycles. The fourth-order valence-electron chi connectivity index (χ4n) is 1.91. The minimum Gasteiger partial charge on any atom is -0.454 e. The summed E-state index contributed by atoms with van der Waals surface area (Å²) >= 11 is 3.32. The standard InChI is InChI=1S/C10H14BrNO/c1-10(2)5-7(6-12-10)8-3-4-9(11)13-8/h3-4,7,12H,5-6H2,1-2H3. The summed E-state index contributed by atoms with van der Waals surface area (Å²) in [4.78, 5) is 0. The van der Waals surface area contributed by atoms with Gasteiger partial charge in [-0.2, -0.15) is 0 Å². The van der Waals surface area contributed by atoms with Gasteiger partial charge in [-0.05, 0) is 48.3 Å². The fraction of sp³-hybridized carbons (Fsp3) is 0.600. The Balaban J connectivity index is 2.12. The lowest BCUT2D eigenvalue weighted by molar-refractivity contribution is 0.427. The molecule has 0 spiro atoms. The lowest BCUT2D eigenvalue weighted by atomic mass is 9.95. The molecule has 1 aliphatic rings. The Morgan fingerprint density at radius 2 is 2.31 bits per heavy atom. The van der Waals surface area contributed by atoms with Gasteiger partial charge in [-0.25, -0.2) is 0 Å². The molecule has 13 heavy (non-hydrogen) atoms. The normalized spacial score (nSPS) is 26.5. The Morgan fingerprint density at radius 3 is 2.77 bits per heavy atom. The average molecular weight is 244 g/mol. The van der Waals surface area contributed by atoms with Crippen LogP contribution >= 0.6 is 15.9 Å². The van der Waals surface area contributed by atoms with Gasteiger partial charge in [0.05, 0.1) is 0 Å². The Bertz CT molecular complexity index is 306. The highest BCUT2D eigenvalue weighted by Gasteiger charge is 2.32. The summed E-state index contributed by atoms with van der Waals surface area (Å²) in [6.07, 6.45) is 1.15. The van der Waals surface area contributed by atoms with Crippen molar-refractivity contribution in [3.63, 3.8) is 0 Å². The smallest absolute Gasteiger partial charge is 0.169 e. The van der Waals surface area contributed by atoms with Crippen LogP contribution in [0.25, 0.3) is 0 Å². The molecule has 1 fully saturated rings. The molecule has 0 aromatic carbocycles. The summed E-state index contributed by atoms with van der Waals surface area (Å²) in [5.41, 5.74) is 0.254. The van der Waals surface area contributed by atoms with Gasteiger partial charge >= 0.3 is 0 Å². The third-order valence-corrected chi connectivity index (χ3v) is 3.01. The quantitative estimate of drug-likeness (QED) is 0.821. The summed E-state index contributed by atoms with van der Waals surface area (Å²) in [6.45, 7) is 5.48. The number of hydrogen-bond acceptors (Lipinski definition) is 2. The van der Waals surface area contributed by atoms with Gasteiger partial charge in [-0.15, -0.1) is 0 Å². The summed E-state index contributed by atoms with van der Waals surface area (Å²) in [5.74, 6) is 1.62. The van der Waals surface area contributed by atoms with Crippen molar-refractivity contribution in [3.8, 4) is 0 Å². The van der Waals surface area contributed by atoms with Gasteiger partial charge in [0.2, 0.25) is 0 Å². The Kier molecular flexibility index (Phi) is 2.24. The predicted octanol–water partition coefficient (Wildman–Crippen LogP) is 2.90. The van der Waals surface area contributed by atoms with Gasteiger partial charge < -0.3 is 9.73 Å². The highest BCUT2D eigenvalue weighted by molar-refractivity contribution is 9.10. The topological polar surface area (TPSA) is 25.2 Å². The first-order valence-corrected chi connectivity index (χ1v) is 5.36. The lowest BCUT2D eigenvalue weighted by Crippen LogP contribution is -2.31. The van der Waals surface area contributed by atoms with Crippen LogP contribution < -0.4 is 5.32 Å². The molecule has 0 amide bonds. The van der Waals surface area contributed by atoms with E-state index in [0.717, 1.165) is 23.4 Å².